The maximum Gasteiger partial charge on any atom is 0.272 e. The molecule has 1 spiro atoms. The fraction of sp³-hybridized carbons (Fsp3) is 0.429. The van der Waals surface area contributed by atoms with Gasteiger partial charge in [-0.15, -0.1) is 0 Å². The van der Waals surface area contributed by atoms with E-state index in [1.165, 1.54) is 0 Å². The molecular weight excluding hydrogens is 374 g/mol. The summed E-state index contributed by atoms with van der Waals surface area (Å²) in [5.74, 6) is 0.754. The Labute approximate surface area is 169 Å². The van der Waals surface area contributed by atoms with Gasteiger partial charge in [-0.1, -0.05) is 0 Å². The van der Waals surface area contributed by atoms with Gasteiger partial charge in [0, 0.05) is 43.9 Å². The maximum absolute atomic E-state index is 12.9. The van der Waals surface area contributed by atoms with Crippen molar-refractivity contribution in [2.45, 2.75) is 18.6 Å². The van der Waals surface area contributed by atoms with Gasteiger partial charge >= 0.3 is 0 Å². The van der Waals surface area contributed by atoms with Crippen molar-refractivity contribution in [3.05, 3.63) is 42.2 Å². The van der Waals surface area contributed by atoms with Crippen molar-refractivity contribution < 1.29 is 23.7 Å². The largest absolute Gasteiger partial charge is 0.497 e. The Morgan fingerprint density at radius 3 is 2.55 bits per heavy atom. The van der Waals surface area contributed by atoms with Gasteiger partial charge in [0.1, 0.15) is 17.2 Å². The van der Waals surface area contributed by atoms with Gasteiger partial charge in [0.15, 0.2) is 5.79 Å². The minimum Gasteiger partial charge on any atom is -0.497 e. The predicted octanol–water partition coefficient (Wildman–Crippen LogP) is 2.82. The van der Waals surface area contributed by atoms with E-state index in [9.17, 15) is 4.79 Å². The second kappa shape index (κ2) is 8.26. The summed E-state index contributed by atoms with van der Waals surface area (Å²) in [7, 11) is 3.21. The topological polar surface area (TPSA) is 82.2 Å². The Morgan fingerprint density at radius 2 is 1.86 bits per heavy atom. The highest BCUT2D eigenvalue weighted by Gasteiger charge is 2.41. The van der Waals surface area contributed by atoms with Crippen molar-refractivity contribution in [2.24, 2.45) is 0 Å². The molecule has 154 valence electrons. The van der Waals surface area contributed by atoms with E-state index in [4.69, 9.17) is 18.9 Å². The first-order valence-electron chi connectivity index (χ1n) is 9.65. The zero-order valence-electron chi connectivity index (χ0n) is 16.6. The summed E-state index contributed by atoms with van der Waals surface area (Å²) >= 11 is 0. The van der Waals surface area contributed by atoms with Crippen LogP contribution >= 0.6 is 0 Å². The van der Waals surface area contributed by atoms with Gasteiger partial charge in [-0.25, -0.2) is 0 Å². The zero-order valence-corrected chi connectivity index (χ0v) is 16.6. The smallest absolute Gasteiger partial charge is 0.272 e. The number of pyridine rings is 1. The quantitative estimate of drug-likeness (QED) is 0.828. The van der Waals surface area contributed by atoms with Crippen LogP contribution in [0.2, 0.25) is 0 Å². The first-order valence-corrected chi connectivity index (χ1v) is 9.65. The Bertz CT molecular complexity index is 872. The molecule has 1 aromatic heterocycles. The average molecular weight is 399 g/mol. The number of nitrogens with one attached hydrogen (secondary N) is 1. The van der Waals surface area contributed by atoms with Gasteiger partial charge in [0.25, 0.3) is 5.91 Å². The first kappa shape index (κ1) is 19.5. The number of piperidine rings is 1. The number of carbonyl (C=O) groups excluding carboxylic acids is 1. The first-order chi connectivity index (χ1) is 14.1. The molecule has 29 heavy (non-hydrogen) atoms. The van der Waals surface area contributed by atoms with Crippen LogP contribution in [0.1, 0.15) is 23.3 Å². The number of methoxy groups -OCH3 is 2. The number of hydrogen-bond acceptors (Lipinski definition) is 7. The van der Waals surface area contributed by atoms with E-state index in [1.807, 2.05) is 18.2 Å². The number of carbonyl (C=O) groups is 1. The van der Waals surface area contributed by atoms with Crippen LogP contribution in [0.15, 0.2) is 36.5 Å². The second-order valence-electron chi connectivity index (χ2n) is 7.02. The van der Waals surface area contributed by atoms with E-state index in [-0.39, 0.29) is 5.91 Å². The molecule has 3 heterocycles. The number of rotatable bonds is 5. The molecule has 0 bridgehead atoms. The van der Waals surface area contributed by atoms with Crippen molar-refractivity contribution in [1.29, 1.82) is 0 Å². The van der Waals surface area contributed by atoms with Crippen molar-refractivity contribution in [2.75, 3.05) is 45.8 Å². The van der Waals surface area contributed by atoms with E-state index < -0.39 is 5.79 Å². The van der Waals surface area contributed by atoms with Gasteiger partial charge in [-0.05, 0) is 24.3 Å². The highest BCUT2D eigenvalue weighted by Crippen LogP contribution is 2.33. The molecule has 1 amide bonds. The molecule has 2 aliphatic rings. The highest BCUT2D eigenvalue weighted by molar-refractivity contribution is 5.93. The number of hydrogen-bond donors (Lipinski definition) is 1. The lowest BCUT2D eigenvalue weighted by Gasteiger charge is -2.37. The Morgan fingerprint density at radius 1 is 1.10 bits per heavy atom. The number of anilines is 2. The van der Waals surface area contributed by atoms with Crippen LogP contribution < -0.4 is 14.8 Å². The molecule has 0 unspecified atom stereocenters. The van der Waals surface area contributed by atoms with E-state index in [1.54, 1.807) is 37.4 Å². The fourth-order valence-electron chi connectivity index (χ4n) is 3.68. The zero-order chi connectivity index (χ0) is 20.3. The standard InChI is InChI=1S/C21H25N3O5/c1-26-16-3-4-17(19(14-16)27-2)23-15-5-8-22-18(13-15)20(25)24-9-6-21(7-10-24)28-11-12-29-21/h3-5,8,13-14H,6-7,9-12H2,1-2H3,(H,22,23). The maximum atomic E-state index is 12.9. The summed E-state index contributed by atoms with van der Waals surface area (Å²) in [6.07, 6.45) is 2.99. The lowest BCUT2D eigenvalue weighted by atomic mass is 10.0. The van der Waals surface area contributed by atoms with Crippen molar-refractivity contribution in [3.8, 4) is 11.5 Å². The summed E-state index contributed by atoms with van der Waals surface area (Å²) < 4.78 is 22.1. The van der Waals surface area contributed by atoms with E-state index in [2.05, 4.69) is 10.3 Å². The van der Waals surface area contributed by atoms with Crippen LogP contribution in [0.3, 0.4) is 0 Å². The molecule has 0 radical (unpaired) electrons. The van der Waals surface area contributed by atoms with E-state index in [0.29, 0.717) is 56.3 Å². The highest BCUT2D eigenvalue weighted by atomic mass is 16.7. The van der Waals surface area contributed by atoms with Crippen molar-refractivity contribution >= 4 is 17.3 Å². The van der Waals surface area contributed by atoms with Crippen LogP contribution in [0.4, 0.5) is 11.4 Å². The van der Waals surface area contributed by atoms with Crippen LogP contribution in [-0.2, 0) is 9.47 Å². The number of ether oxygens (including phenoxy) is 4. The molecule has 1 aromatic carbocycles. The molecule has 2 fully saturated rings. The number of aromatic nitrogens is 1. The fourth-order valence-corrected chi connectivity index (χ4v) is 3.68. The number of likely N-dealkylation sites (tertiary alicyclic amines) is 1. The molecule has 1 N–H and O–H groups in total. The Hall–Kier alpha value is -2.84. The molecule has 0 atom stereocenters. The molecule has 0 aliphatic carbocycles. The van der Waals surface area contributed by atoms with E-state index >= 15 is 0 Å². The van der Waals surface area contributed by atoms with Crippen molar-refractivity contribution in [3.63, 3.8) is 0 Å². The molecule has 2 aliphatic heterocycles. The van der Waals surface area contributed by atoms with Crippen LogP contribution in [-0.4, -0.2) is 62.1 Å². The van der Waals surface area contributed by atoms with Crippen LogP contribution in [0, 0.1) is 0 Å². The number of benzene rings is 1. The van der Waals surface area contributed by atoms with Gasteiger partial charge in [0.2, 0.25) is 0 Å². The molecular formula is C21H25N3O5. The van der Waals surface area contributed by atoms with E-state index in [0.717, 1.165) is 11.4 Å². The number of amides is 1. The molecule has 2 aromatic rings. The molecule has 8 nitrogen and oxygen atoms in total. The van der Waals surface area contributed by atoms with Gasteiger partial charge in [-0.2, -0.15) is 0 Å². The third kappa shape index (κ3) is 4.13. The summed E-state index contributed by atoms with van der Waals surface area (Å²) in [4.78, 5) is 19.0. The SMILES string of the molecule is COc1ccc(Nc2ccnc(C(=O)N3CCC4(CC3)OCCO4)c2)c(OC)c1. The third-order valence-corrected chi connectivity index (χ3v) is 5.29. The summed E-state index contributed by atoms with van der Waals surface area (Å²) in [6, 6.07) is 9.07. The van der Waals surface area contributed by atoms with Crippen molar-refractivity contribution in [1.82, 2.24) is 9.88 Å². The summed E-state index contributed by atoms with van der Waals surface area (Å²) in [5.41, 5.74) is 1.92. The normalized spacial score (nSPS) is 17.9. The van der Waals surface area contributed by atoms with Crippen LogP contribution in [0.5, 0.6) is 11.5 Å². The minimum absolute atomic E-state index is 0.0943. The van der Waals surface area contributed by atoms with Gasteiger partial charge in [0.05, 0.1) is 33.1 Å². The minimum atomic E-state index is -0.501. The molecule has 2 saturated heterocycles. The molecule has 4 rings (SSSR count). The lowest BCUT2D eigenvalue weighted by molar-refractivity contribution is -0.181. The second-order valence-corrected chi connectivity index (χ2v) is 7.02. The molecule has 8 heteroatoms. The third-order valence-electron chi connectivity index (χ3n) is 5.29. The van der Waals surface area contributed by atoms with Gasteiger partial charge in [-0.3, -0.25) is 9.78 Å². The summed E-state index contributed by atoms with van der Waals surface area (Å²) in [5, 5.41) is 3.28. The van der Waals surface area contributed by atoms with Crippen LogP contribution in [0.25, 0.3) is 0 Å². The monoisotopic (exact) mass is 399 g/mol. The Kier molecular flexibility index (Phi) is 5.55. The summed E-state index contributed by atoms with van der Waals surface area (Å²) in [6.45, 7) is 2.42. The predicted molar refractivity (Wildman–Crippen MR) is 107 cm³/mol. The Balaban J connectivity index is 1.45. The van der Waals surface area contributed by atoms with Gasteiger partial charge < -0.3 is 29.2 Å². The number of nitrogens with zero attached hydrogens (tertiary/aromatic N) is 2. The lowest BCUT2D eigenvalue weighted by Crippen LogP contribution is -2.47. The molecule has 0 saturated carbocycles. The average Bonchev–Trinajstić information content (AvgIpc) is 3.22.